The van der Waals surface area contributed by atoms with Crippen LogP contribution < -0.4 is 9.04 Å². The van der Waals surface area contributed by atoms with E-state index >= 15 is 0 Å². The molecule has 0 unspecified atom stereocenters. The van der Waals surface area contributed by atoms with Crippen LogP contribution in [0.2, 0.25) is 0 Å². The number of sulfonamides is 1. The number of hydrogen-bond donors (Lipinski definition) is 0. The van der Waals surface area contributed by atoms with Crippen molar-refractivity contribution in [3.05, 3.63) is 88.8 Å². The minimum absolute atomic E-state index is 0.254. The molecule has 0 aromatic heterocycles. The van der Waals surface area contributed by atoms with E-state index in [-0.39, 0.29) is 11.4 Å². The number of anilines is 1. The summed E-state index contributed by atoms with van der Waals surface area (Å²) >= 11 is 5.29. The second-order valence-corrected chi connectivity index (χ2v) is 10.7. The van der Waals surface area contributed by atoms with Crippen molar-refractivity contribution >= 4 is 47.9 Å². The molecule has 0 saturated heterocycles. The Labute approximate surface area is 189 Å². The zero-order chi connectivity index (χ0) is 21.3. The van der Waals surface area contributed by atoms with Crippen LogP contribution in [0.1, 0.15) is 11.1 Å². The quantitative estimate of drug-likeness (QED) is 0.435. The molecular formula is C23H20BrNO3S2. The van der Waals surface area contributed by atoms with Gasteiger partial charge in [-0.1, -0.05) is 53.7 Å². The predicted octanol–water partition coefficient (Wildman–Crippen LogP) is 6.07. The summed E-state index contributed by atoms with van der Waals surface area (Å²) in [4.78, 5) is 2.11. The third-order valence-corrected chi connectivity index (χ3v) is 8.97. The van der Waals surface area contributed by atoms with Gasteiger partial charge in [0.1, 0.15) is 5.75 Å². The van der Waals surface area contributed by atoms with Gasteiger partial charge in [0.05, 0.1) is 24.2 Å². The zero-order valence-electron chi connectivity index (χ0n) is 16.5. The van der Waals surface area contributed by atoms with E-state index in [0.717, 1.165) is 31.2 Å². The van der Waals surface area contributed by atoms with Gasteiger partial charge in [0.25, 0.3) is 10.0 Å². The van der Waals surface area contributed by atoms with E-state index in [1.165, 1.54) is 4.31 Å². The van der Waals surface area contributed by atoms with Crippen LogP contribution in [-0.2, 0) is 10.0 Å². The second-order valence-electron chi connectivity index (χ2n) is 6.86. The molecule has 30 heavy (non-hydrogen) atoms. The van der Waals surface area contributed by atoms with Crippen LogP contribution in [0.5, 0.6) is 5.75 Å². The molecular weight excluding hydrogens is 482 g/mol. The number of rotatable bonds is 4. The smallest absolute Gasteiger partial charge is 0.264 e. The van der Waals surface area contributed by atoms with Crippen molar-refractivity contribution in [1.29, 1.82) is 0 Å². The SMILES string of the molecule is COc1ccc(/C(Br)=C2/CN(S(=O)(=O)c3ccc(C)cc3)c3ccccc3S2)cc1. The average molecular weight is 502 g/mol. The minimum Gasteiger partial charge on any atom is -0.497 e. The first-order valence-electron chi connectivity index (χ1n) is 9.29. The van der Waals surface area contributed by atoms with Gasteiger partial charge >= 0.3 is 0 Å². The van der Waals surface area contributed by atoms with Gasteiger partial charge in [0.2, 0.25) is 0 Å². The highest BCUT2D eigenvalue weighted by Gasteiger charge is 2.32. The molecule has 1 aliphatic heterocycles. The van der Waals surface area contributed by atoms with Crippen LogP contribution in [0.15, 0.2) is 87.5 Å². The first-order chi connectivity index (χ1) is 14.4. The minimum atomic E-state index is -3.71. The van der Waals surface area contributed by atoms with Gasteiger partial charge in [-0.15, -0.1) is 0 Å². The van der Waals surface area contributed by atoms with E-state index in [2.05, 4.69) is 15.9 Å². The average Bonchev–Trinajstić information content (AvgIpc) is 2.78. The van der Waals surface area contributed by atoms with Crippen molar-refractivity contribution in [2.24, 2.45) is 0 Å². The van der Waals surface area contributed by atoms with Crippen molar-refractivity contribution in [2.45, 2.75) is 16.7 Å². The normalized spacial score (nSPS) is 15.5. The molecule has 0 aliphatic carbocycles. The standard InChI is InChI=1S/C23H20BrNO3S2/c1-16-7-13-19(14-8-16)30(26,27)25-15-22(29-21-6-4-3-5-20(21)25)23(24)17-9-11-18(28-2)12-10-17/h3-14H,15H2,1-2H3/b23-22+. The molecule has 0 bridgehead atoms. The predicted molar refractivity (Wildman–Crippen MR) is 127 cm³/mol. The van der Waals surface area contributed by atoms with Gasteiger partial charge in [0.15, 0.2) is 0 Å². The van der Waals surface area contributed by atoms with Crippen LogP contribution in [0, 0.1) is 6.92 Å². The molecule has 0 fully saturated rings. The monoisotopic (exact) mass is 501 g/mol. The summed E-state index contributed by atoms with van der Waals surface area (Å²) in [6, 6.07) is 22.2. The number of aryl methyl sites for hydroxylation is 1. The molecule has 4 rings (SSSR count). The zero-order valence-corrected chi connectivity index (χ0v) is 19.7. The highest BCUT2D eigenvalue weighted by molar-refractivity contribution is 9.15. The van der Waals surface area contributed by atoms with Crippen LogP contribution in [0.4, 0.5) is 5.69 Å². The number of para-hydroxylation sites is 1. The Kier molecular flexibility index (Phi) is 5.95. The lowest BCUT2D eigenvalue weighted by atomic mass is 10.2. The van der Waals surface area contributed by atoms with Crippen molar-refractivity contribution in [1.82, 2.24) is 0 Å². The van der Waals surface area contributed by atoms with Crippen molar-refractivity contribution in [2.75, 3.05) is 18.0 Å². The van der Waals surface area contributed by atoms with E-state index in [9.17, 15) is 8.42 Å². The lowest BCUT2D eigenvalue weighted by Crippen LogP contribution is -2.34. The maximum atomic E-state index is 13.5. The molecule has 0 saturated carbocycles. The van der Waals surface area contributed by atoms with Crippen molar-refractivity contribution < 1.29 is 13.2 Å². The van der Waals surface area contributed by atoms with E-state index in [1.807, 2.05) is 67.6 Å². The molecule has 4 nitrogen and oxygen atoms in total. The molecule has 0 atom stereocenters. The van der Waals surface area contributed by atoms with Crippen LogP contribution >= 0.6 is 27.7 Å². The summed E-state index contributed by atoms with van der Waals surface area (Å²) in [5.41, 5.74) is 2.68. The lowest BCUT2D eigenvalue weighted by Gasteiger charge is -2.32. The molecule has 7 heteroatoms. The topological polar surface area (TPSA) is 46.6 Å². The number of ether oxygens (including phenoxy) is 1. The van der Waals surface area contributed by atoms with Gasteiger partial charge in [-0.05, 0) is 64.8 Å². The third kappa shape index (κ3) is 4.02. The summed E-state index contributed by atoms with van der Waals surface area (Å²) in [6.45, 7) is 2.19. The fourth-order valence-electron chi connectivity index (χ4n) is 3.19. The van der Waals surface area contributed by atoms with E-state index in [1.54, 1.807) is 31.0 Å². The van der Waals surface area contributed by atoms with Gasteiger partial charge < -0.3 is 4.74 Å². The highest BCUT2D eigenvalue weighted by Crippen LogP contribution is 2.46. The summed E-state index contributed by atoms with van der Waals surface area (Å²) in [7, 11) is -2.08. The molecule has 3 aromatic carbocycles. The highest BCUT2D eigenvalue weighted by atomic mass is 79.9. The molecule has 1 heterocycles. The molecule has 0 N–H and O–H groups in total. The number of fused-ring (bicyclic) bond motifs is 1. The number of halogens is 1. The van der Waals surface area contributed by atoms with Crippen LogP contribution in [0.25, 0.3) is 4.48 Å². The van der Waals surface area contributed by atoms with Gasteiger partial charge in [-0.3, -0.25) is 4.31 Å². The molecule has 154 valence electrons. The Morgan fingerprint density at radius 2 is 1.67 bits per heavy atom. The molecule has 0 amide bonds. The molecule has 0 spiro atoms. The summed E-state index contributed by atoms with van der Waals surface area (Å²) < 4.78 is 34.6. The summed E-state index contributed by atoms with van der Waals surface area (Å²) in [5, 5.41) is 0. The fraction of sp³-hybridized carbons (Fsp3) is 0.130. The number of nitrogens with zero attached hydrogens (tertiary/aromatic N) is 1. The Balaban J connectivity index is 1.80. The van der Waals surface area contributed by atoms with Crippen molar-refractivity contribution in [3.8, 4) is 5.75 Å². The first kappa shape index (κ1) is 21.0. The van der Waals surface area contributed by atoms with E-state index in [0.29, 0.717) is 5.69 Å². The van der Waals surface area contributed by atoms with E-state index < -0.39 is 10.0 Å². The maximum Gasteiger partial charge on any atom is 0.264 e. The summed E-state index contributed by atoms with van der Waals surface area (Å²) in [5.74, 6) is 0.772. The van der Waals surface area contributed by atoms with Gasteiger partial charge in [0, 0.05) is 14.3 Å². The van der Waals surface area contributed by atoms with Gasteiger partial charge in [-0.2, -0.15) is 0 Å². The van der Waals surface area contributed by atoms with Gasteiger partial charge in [-0.25, -0.2) is 8.42 Å². The fourth-order valence-corrected chi connectivity index (χ4v) is 6.51. The Bertz CT molecular complexity index is 1200. The molecule has 3 aromatic rings. The number of hydrogen-bond acceptors (Lipinski definition) is 4. The lowest BCUT2D eigenvalue weighted by molar-refractivity contribution is 0.415. The Morgan fingerprint density at radius 1 is 1.00 bits per heavy atom. The Hall–Kier alpha value is -2.22. The maximum absolute atomic E-state index is 13.5. The number of methoxy groups -OCH3 is 1. The van der Waals surface area contributed by atoms with Crippen LogP contribution in [-0.4, -0.2) is 22.1 Å². The van der Waals surface area contributed by atoms with Crippen LogP contribution in [0.3, 0.4) is 0 Å². The van der Waals surface area contributed by atoms with Crippen molar-refractivity contribution in [3.63, 3.8) is 0 Å². The largest absolute Gasteiger partial charge is 0.497 e. The third-order valence-electron chi connectivity index (χ3n) is 4.85. The Morgan fingerprint density at radius 3 is 2.33 bits per heavy atom. The second kappa shape index (κ2) is 8.49. The van der Waals surface area contributed by atoms with E-state index in [4.69, 9.17) is 4.74 Å². The summed E-state index contributed by atoms with van der Waals surface area (Å²) in [6.07, 6.45) is 0. The number of benzene rings is 3. The molecule has 1 aliphatic rings. The number of thioether (sulfide) groups is 1. The first-order valence-corrected chi connectivity index (χ1v) is 12.3. The molecule has 0 radical (unpaired) electrons.